The molecule has 0 spiro atoms. The van der Waals surface area contributed by atoms with E-state index in [-0.39, 0.29) is 78.1 Å². The molecule has 0 unspecified atom stereocenters. The van der Waals surface area contributed by atoms with Gasteiger partial charge in [-0.3, -0.25) is 0 Å². The third-order valence-corrected chi connectivity index (χ3v) is 5.41. The third-order valence-electron chi connectivity index (χ3n) is 5.41. The molecule has 0 bridgehead atoms. The second kappa shape index (κ2) is 13.7. The Balaban J connectivity index is 0.00000144. The Morgan fingerprint density at radius 1 is 0.559 bits per heavy atom. The van der Waals surface area contributed by atoms with Gasteiger partial charge >= 0.3 is 40.8 Å². The molecule has 0 N–H and O–H groups in total. The van der Waals surface area contributed by atoms with E-state index in [1.54, 1.807) is 0 Å². The summed E-state index contributed by atoms with van der Waals surface area (Å²) in [4.78, 5) is 14.8. The van der Waals surface area contributed by atoms with Crippen LogP contribution in [0.15, 0.2) is 66.7 Å². The smallest absolute Gasteiger partial charge is 1.00 e. The molecule has 34 heavy (non-hydrogen) atoms. The van der Waals surface area contributed by atoms with Gasteiger partial charge in [-0.1, -0.05) is 44.2 Å². The van der Waals surface area contributed by atoms with Crippen LogP contribution < -0.4 is 37.2 Å². The van der Waals surface area contributed by atoms with Gasteiger partial charge in [0.2, 0.25) is 0 Å². The second-order valence-corrected chi connectivity index (χ2v) is 7.56. The molecule has 0 amide bonds. The normalized spacial score (nSPS) is 10.2. The van der Waals surface area contributed by atoms with Gasteiger partial charge in [-0.25, -0.2) is 15.0 Å². The second-order valence-electron chi connectivity index (χ2n) is 7.56. The Morgan fingerprint density at radius 3 is 1.38 bits per heavy atom. The summed E-state index contributed by atoms with van der Waals surface area (Å²) in [6.45, 7) is 6.21. The molecule has 175 valence electrons. The number of aromatic nitrogens is 5. The first-order valence-electron chi connectivity index (χ1n) is 10.7. The summed E-state index contributed by atoms with van der Waals surface area (Å²) in [7, 11) is 0. The molecule has 0 aliphatic carbocycles. The van der Waals surface area contributed by atoms with Crippen LogP contribution in [0.2, 0.25) is 0 Å². The molecule has 3 heterocycles. The van der Waals surface area contributed by atoms with E-state index in [0.29, 0.717) is 0 Å². The molecule has 5 nitrogen and oxygen atoms in total. The maximum Gasteiger partial charge on any atom is 3.00 e. The van der Waals surface area contributed by atoms with E-state index in [9.17, 15) is 0 Å². The fraction of sp³-hybridized carbons (Fsp3) is 0.240. The van der Waals surface area contributed by atoms with Crippen LogP contribution in [-0.4, -0.2) is 24.1 Å². The van der Waals surface area contributed by atoms with Crippen molar-refractivity contribution in [2.75, 3.05) is 0 Å². The number of pyridine rings is 1. The summed E-state index contributed by atoms with van der Waals surface area (Å²) < 4.78 is 4.55. The molecule has 0 saturated carbocycles. The number of hydrogen-bond donors (Lipinski definition) is 0. The summed E-state index contributed by atoms with van der Waals surface area (Å²) in [5.41, 5.74) is 6.08. The number of imidazole rings is 2. The van der Waals surface area contributed by atoms with Crippen molar-refractivity contribution in [3.05, 3.63) is 66.7 Å². The quantitative estimate of drug-likeness (QED) is 0.197. The molecule has 0 saturated heterocycles. The van der Waals surface area contributed by atoms with Crippen molar-refractivity contribution in [2.24, 2.45) is 0 Å². The maximum atomic E-state index is 5.02. The molecular weight excluding hydrogens is 621 g/mol. The van der Waals surface area contributed by atoms with E-state index in [1.807, 2.05) is 24.3 Å². The Bertz CT molecular complexity index is 1250. The predicted octanol–water partition coefficient (Wildman–Crippen LogP) is -3.05. The van der Waals surface area contributed by atoms with Crippen LogP contribution in [0, 0.1) is 40.8 Å². The van der Waals surface area contributed by atoms with Gasteiger partial charge in [0.1, 0.15) is 11.4 Å². The fourth-order valence-electron chi connectivity index (χ4n) is 4.13. The van der Waals surface area contributed by atoms with Crippen molar-refractivity contribution in [1.82, 2.24) is 24.1 Å². The minimum atomic E-state index is 0. The van der Waals surface area contributed by atoms with Crippen molar-refractivity contribution in [3.63, 3.8) is 0 Å². The van der Waals surface area contributed by atoms with E-state index in [2.05, 4.69) is 65.4 Å². The molecule has 1 radical (unpaired) electrons. The summed E-state index contributed by atoms with van der Waals surface area (Å²) in [5.74, 6) is 1.83. The van der Waals surface area contributed by atoms with Gasteiger partial charge in [-0.15, -0.1) is 0 Å². The van der Waals surface area contributed by atoms with Gasteiger partial charge in [0.25, 0.3) is 0 Å². The van der Waals surface area contributed by atoms with Crippen LogP contribution in [0.5, 0.6) is 0 Å². The van der Waals surface area contributed by atoms with Gasteiger partial charge in [0.05, 0.1) is 22.1 Å². The molecule has 0 aliphatic rings. The minimum Gasteiger partial charge on any atom is -1.00 e. The number of hydrogen-bond acceptors (Lipinski definition) is 3. The molecule has 0 atom stereocenters. The third kappa shape index (κ3) is 5.76. The van der Waals surface area contributed by atoms with E-state index in [4.69, 9.17) is 15.0 Å². The summed E-state index contributed by atoms with van der Waals surface area (Å²) >= 11 is 0. The number of benzene rings is 2. The number of halogens is 3. The number of rotatable bonds is 6. The van der Waals surface area contributed by atoms with E-state index in [1.165, 1.54) is 0 Å². The van der Waals surface area contributed by atoms with Crippen LogP contribution in [0.25, 0.3) is 45.1 Å². The molecule has 0 aliphatic heterocycles. The Hall–Kier alpha value is -1.25. The van der Waals surface area contributed by atoms with Crippen LogP contribution in [0.1, 0.15) is 26.7 Å². The zero-order valence-corrected chi connectivity index (χ0v) is 24.5. The molecule has 5 aromatic rings. The van der Waals surface area contributed by atoms with Crippen molar-refractivity contribution >= 4 is 22.1 Å². The minimum absolute atomic E-state index is 0. The van der Waals surface area contributed by atoms with Gasteiger partial charge in [0.15, 0.2) is 11.6 Å². The molecule has 3 aromatic heterocycles. The Morgan fingerprint density at radius 2 is 0.971 bits per heavy atom. The largest absolute Gasteiger partial charge is 3.00 e. The van der Waals surface area contributed by atoms with Gasteiger partial charge in [-0.05, 0) is 49.2 Å². The van der Waals surface area contributed by atoms with Crippen LogP contribution >= 0.6 is 0 Å². The van der Waals surface area contributed by atoms with E-state index in [0.717, 1.165) is 71.0 Å². The van der Waals surface area contributed by atoms with E-state index >= 15 is 0 Å². The van der Waals surface area contributed by atoms with Gasteiger partial charge in [-0.2, -0.15) is 0 Å². The monoisotopic (exact) mass is 642 g/mol. The van der Waals surface area contributed by atoms with Crippen molar-refractivity contribution in [1.29, 1.82) is 0 Å². The molecule has 5 rings (SSSR count). The first-order chi connectivity index (χ1) is 14.8. The summed E-state index contributed by atoms with van der Waals surface area (Å²) in [6, 6.07) is 22.7. The first-order valence-corrected chi connectivity index (χ1v) is 10.7. The molecule has 9 heteroatoms. The van der Waals surface area contributed by atoms with Gasteiger partial charge in [0, 0.05) is 13.1 Å². The van der Waals surface area contributed by atoms with Crippen LogP contribution in [0.4, 0.5) is 0 Å². The summed E-state index contributed by atoms with van der Waals surface area (Å²) in [5, 5.41) is 0. The Labute approximate surface area is 251 Å². The zero-order valence-electron chi connectivity index (χ0n) is 19.0. The van der Waals surface area contributed by atoms with Gasteiger partial charge < -0.3 is 46.4 Å². The van der Waals surface area contributed by atoms with Crippen LogP contribution in [0.3, 0.4) is 0 Å². The average molecular weight is 646 g/mol. The average Bonchev–Trinajstić information content (AvgIpc) is 3.34. The van der Waals surface area contributed by atoms with Crippen LogP contribution in [-0.2, 0) is 13.1 Å². The molecular formula is C25H25Cl3N5Nd. The predicted molar refractivity (Wildman–Crippen MR) is 122 cm³/mol. The SMILES string of the molecule is CCCn1c(-c2cccc(-c3nc4ccccc4n3CCC)n2)nc2ccccc21.[Cl-].[Cl-].[Cl-].[Nd+3]. The summed E-state index contributed by atoms with van der Waals surface area (Å²) in [6.07, 6.45) is 2.08. The number of para-hydroxylation sites is 4. The number of aryl methyl sites for hydroxylation is 2. The number of fused-ring (bicyclic) bond motifs is 2. The number of nitrogens with zero attached hydrogens (tertiary/aromatic N) is 5. The maximum absolute atomic E-state index is 5.02. The van der Waals surface area contributed by atoms with Crippen molar-refractivity contribution in [3.8, 4) is 23.0 Å². The van der Waals surface area contributed by atoms with E-state index < -0.39 is 0 Å². The fourth-order valence-corrected chi connectivity index (χ4v) is 4.13. The zero-order chi connectivity index (χ0) is 20.5. The molecule has 0 fully saturated rings. The Kier molecular flexibility index (Phi) is 12.4. The first kappa shape index (κ1) is 30.8. The molecule has 2 aromatic carbocycles. The standard InChI is InChI=1S/C25H25N5.3ClH.Nd/c1-3-16-29-22-14-7-5-10-18(22)27-24(29)20-12-9-13-21(26-20)25-28-19-11-6-8-15-23(19)30(25)17-4-2;;;;/h5-15H,3-4,16-17H2,1-2H3;3*1H;/q;;;;+3/p-3. The van der Waals surface area contributed by atoms with Crippen molar-refractivity contribution in [2.45, 2.75) is 39.8 Å². The topological polar surface area (TPSA) is 48.5 Å². The van der Waals surface area contributed by atoms with Crippen molar-refractivity contribution < 1.29 is 78.1 Å².